The molecular weight excluding hydrogens is 544 g/mol. The summed E-state index contributed by atoms with van der Waals surface area (Å²) in [5.41, 5.74) is 6.54. The standard InChI is InChI=1S/C28H20BrClN2O2S/c1-34-23-13-6-16(14-22(23)29)15-24-27(33)32-26(18-7-10-19(30)11-8-18)21-12-9-17-4-2-3-5-20(17)25(21)31-28(32)35-24/h2-8,10-11,13-15,26H,9,12H2,1H3/b24-15+/t26-/m0/s1. The minimum Gasteiger partial charge on any atom is -0.496 e. The summed E-state index contributed by atoms with van der Waals surface area (Å²) in [7, 11) is 1.63. The first kappa shape index (κ1) is 22.5. The number of aromatic nitrogens is 1. The van der Waals surface area contributed by atoms with Crippen molar-refractivity contribution in [3.05, 3.63) is 124 Å². The lowest BCUT2D eigenvalue weighted by atomic mass is 9.83. The van der Waals surface area contributed by atoms with Crippen molar-refractivity contribution in [3.8, 4) is 5.75 Å². The van der Waals surface area contributed by atoms with E-state index in [1.54, 1.807) is 7.11 Å². The quantitative estimate of drug-likeness (QED) is 0.319. The van der Waals surface area contributed by atoms with Gasteiger partial charge in [-0.25, -0.2) is 4.99 Å². The third kappa shape index (κ3) is 3.90. The zero-order chi connectivity index (χ0) is 24.1. The topological polar surface area (TPSA) is 43.6 Å². The van der Waals surface area contributed by atoms with Gasteiger partial charge in [-0.3, -0.25) is 9.36 Å². The third-order valence-corrected chi connectivity index (χ3v) is 8.39. The van der Waals surface area contributed by atoms with Crippen LogP contribution in [-0.4, -0.2) is 11.7 Å². The normalized spacial score (nSPS) is 16.9. The highest BCUT2D eigenvalue weighted by molar-refractivity contribution is 9.10. The average Bonchev–Trinajstić information content (AvgIpc) is 3.18. The number of aryl methyl sites for hydroxylation is 1. The van der Waals surface area contributed by atoms with Gasteiger partial charge in [0.2, 0.25) is 0 Å². The number of hydrogen-bond donors (Lipinski definition) is 0. The van der Waals surface area contributed by atoms with Crippen molar-refractivity contribution in [2.45, 2.75) is 18.9 Å². The predicted molar refractivity (Wildman–Crippen MR) is 145 cm³/mol. The summed E-state index contributed by atoms with van der Waals surface area (Å²) in [5.74, 6) is 0.748. The molecule has 4 aromatic rings. The van der Waals surface area contributed by atoms with Gasteiger partial charge in [-0.1, -0.05) is 65.4 Å². The van der Waals surface area contributed by atoms with Gasteiger partial charge >= 0.3 is 0 Å². The molecule has 0 bridgehead atoms. The molecule has 0 spiro atoms. The molecule has 0 amide bonds. The number of nitrogens with zero attached hydrogens (tertiary/aromatic N) is 2. The van der Waals surface area contributed by atoms with Crippen LogP contribution >= 0.6 is 38.9 Å². The Morgan fingerprint density at radius 1 is 1.11 bits per heavy atom. The van der Waals surface area contributed by atoms with Gasteiger partial charge in [0.15, 0.2) is 4.80 Å². The molecule has 1 aliphatic carbocycles. The fraction of sp³-hybridized carbons (Fsp3) is 0.143. The molecule has 6 rings (SSSR count). The molecule has 1 atom stereocenters. The van der Waals surface area contributed by atoms with Crippen LogP contribution in [0.25, 0.3) is 11.8 Å². The first-order valence-electron chi connectivity index (χ1n) is 11.3. The van der Waals surface area contributed by atoms with Crippen molar-refractivity contribution in [2.75, 3.05) is 7.11 Å². The van der Waals surface area contributed by atoms with Crippen LogP contribution in [-0.2, 0) is 6.42 Å². The third-order valence-electron chi connectivity index (χ3n) is 6.53. The molecule has 1 aliphatic heterocycles. The second-order valence-electron chi connectivity index (χ2n) is 8.56. The smallest absolute Gasteiger partial charge is 0.271 e. The Kier molecular flexibility index (Phi) is 5.75. The SMILES string of the molecule is COc1ccc(/C=c2/sc3n(c2=O)[C@@H](c2ccc(Cl)cc2)C2=C(N=3)c3ccccc3CC2)cc1Br. The van der Waals surface area contributed by atoms with Gasteiger partial charge in [0.1, 0.15) is 5.75 Å². The Balaban J connectivity index is 1.59. The van der Waals surface area contributed by atoms with Crippen LogP contribution in [0.1, 0.15) is 34.7 Å². The second-order valence-corrected chi connectivity index (χ2v) is 10.9. The number of methoxy groups -OCH3 is 1. The van der Waals surface area contributed by atoms with E-state index in [0.29, 0.717) is 14.4 Å². The maximum absolute atomic E-state index is 13.8. The summed E-state index contributed by atoms with van der Waals surface area (Å²) in [6.45, 7) is 0. The first-order chi connectivity index (χ1) is 17.0. The monoisotopic (exact) mass is 562 g/mol. The van der Waals surface area contributed by atoms with Gasteiger partial charge in [0.05, 0.1) is 27.9 Å². The van der Waals surface area contributed by atoms with Crippen molar-refractivity contribution in [2.24, 2.45) is 4.99 Å². The zero-order valence-electron chi connectivity index (χ0n) is 18.8. The zero-order valence-corrected chi connectivity index (χ0v) is 22.0. The molecule has 0 fully saturated rings. The average molecular weight is 564 g/mol. The van der Waals surface area contributed by atoms with E-state index < -0.39 is 0 Å². The molecule has 7 heteroatoms. The van der Waals surface area contributed by atoms with E-state index in [1.807, 2.05) is 53.1 Å². The molecule has 0 unspecified atom stereocenters. The highest BCUT2D eigenvalue weighted by Gasteiger charge is 2.32. The van der Waals surface area contributed by atoms with E-state index in [9.17, 15) is 4.79 Å². The molecule has 3 aromatic carbocycles. The van der Waals surface area contributed by atoms with E-state index in [0.717, 1.165) is 45.5 Å². The maximum Gasteiger partial charge on any atom is 0.271 e. The maximum atomic E-state index is 13.8. The molecule has 1 aromatic heterocycles. The fourth-order valence-electron chi connectivity index (χ4n) is 4.89. The van der Waals surface area contributed by atoms with Gasteiger partial charge in [-0.2, -0.15) is 0 Å². The molecule has 2 aliphatic rings. The fourth-order valence-corrected chi connectivity index (χ4v) is 6.58. The van der Waals surface area contributed by atoms with Gasteiger partial charge in [-0.05, 0) is 81.4 Å². The van der Waals surface area contributed by atoms with Crippen molar-refractivity contribution in [1.29, 1.82) is 0 Å². The van der Waals surface area contributed by atoms with Gasteiger partial charge < -0.3 is 4.74 Å². The lowest BCUT2D eigenvalue weighted by Gasteiger charge is -2.30. The van der Waals surface area contributed by atoms with Crippen LogP contribution < -0.4 is 19.6 Å². The molecule has 0 saturated carbocycles. The van der Waals surface area contributed by atoms with Crippen LogP contribution in [0, 0.1) is 0 Å². The highest BCUT2D eigenvalue weighted by Crippen LogP contribution is 2.41. The first-order valence-corrected chi connectivity index (χ1v) is 13.2. The van der Waals surface area contributed by atoms with Crippen molar-refractivity contribution in [3.63, 3.8) is 0 Å². The van der Waals surface area contributed by atoms with E-state index >= 15 is 0 Å². The Hall–Kier alpha value is -2.93. The molecule has 0 radical (unpaired) electrons. The summed E-state index contributed by atoms with van der Waals surface area (Å²) in [6.07, 6.45) is 3.71. The summed E-state index contributed by atoms with van der Waals surface area (Å²) in [6, 6.07) is 21.8. The molecule has 2 heterocycles. The minimum absolute atomic E-state index is 0.0361. The van der Waals surface area contributed by atoms with Crippen molar-refractivity contribution >= 4 is 50.6 Å². The van der Waals surface area contributed by atoms with E-state index in [-0.39, 0.29) is 11.6 Å². The van der Waals surface area contributed by atoms with Crippen LogP contribution in [0.15, 0.2) is 86.6 Å². The molecule has 0 saturated heterocycles. The lowest BCUT2D eigenvalue weighted by molar-refractivity contribution is 0.412. The number of hydrogen-bond acceptors (Lipinski definition) is 4. The molecule has 0 N–H and O–H groups in total. The molecule has 35 heavy (non-hydrogen) atoms. The Labute approximate surface area is 219 Å². The summed E-state index contributed by atoms with van der Waals surface area (Å²) < 4.78 is 8.68. The number of rotatable bonds is 3. The summed E-state index contributed by atoms with van der Waals surface area (Å²) in [4.78, 5) is 19.6. The van der Waals surface area contributed by atoms with E-state index in [4.69, 9.17) is 21.3 Å². The number of fused-ring (bicyclic) bond motifs is 3. The lowest BCUT2D eigenvalue weighted by Crippen LogP contribution is -2.38. The van der Waals surface area contributed by atoms with Crippen molar-refractivity contribution in [1.82, 2.24) is 4.57 Å². The number of benzene rings is 3. The molecule has 4 nitrogen and oxygen atoms in total. The number of thiazole rings is 1. The molecule has 174 valence electrons. The largest absolute Gasteiger partial charge is 0.496 e. The number of ether oxygens (including phenoxy) is 1. The Morgan fingerprint density at radius 2 is 1.91 bits per heavy atom. The van der Waals surface area contributed by atoms with Crippen LogP contribution in [0.3, 0.4) is 0 Å². The Morgan fingerprint density at radius 3 is 2.69 bits per heavy atom. The van der Waals surface area contributed by atoms with E-state index in [1.165, 1.54) is 22.5 Å². The van der Waals surface area contributed by atoms with Gasteiger partial charge in [0.25, 0.3) is 5.56 Å². The number of halogens is 2. The minimum atomic E-state index is -0.211. The Bertz CT molecular complexity index is 1690. The van der Waals surface area contributed by atoms with Gasteiger partial charge in [0, 0.05) is 10.6 Å². The molecular formula is C28H20BrClN2O2S. The van der Waals surface area contributed by atoms with Crippen LogP contribution in [0.5, 0.6) is 5.75 Å². The van der Waals surface area contributed by atoms with Crippen LogP contribution in [0.2, 0.25) is 5.02 Å². The summed E-state index contributed by atoms with van der Waals surface area (Å²) in [5, 5.41) is 0.675. The van der Waals surface area contributed by atoms with E-state index in [2.05, 4.69) is 40.2 Å². The van der Waals surface area contributed by atoms with Crippen molar-refractivity contribution < 1.29 is 4.74 Å². The highest BCUT2D eigenvalue weighted by atomic mass is 79.9. The summed E-state index contributed by atoms with van der Waals surface area (Å²) >= 11 is 11.2. The predicted octanol–water partition coefficient (Wildman–Crippen LogP) is 5.74. The number of allylic oxidation sites excluding steroid dienone is 1. The second kappa shape index (κ2) is 8.94. The van der Waals surface area contributed by atoms with Crippen LogP contribution in [0.4, 0.5) is 0 Å². The van der Waals surface area contributed by atoms with Gasteiger partial charge in [-0.15, -0.1) is 0 Å².